The largest absolute Gasteiger partial charge is 0.505 e. The second-order valence-electron chi connectivity index (χ2n) is 3.68. The molecule has 1 N–H and O–H groups in total. The maximum Gasteiger partial charge on any atom is 0.358 e. The Labute approximate surface area is 118 Å². The number of thioether (sulfide) groups is 1. The molecular formula is C11H12ClN3O3S. The van der Waals surface area contributed by atoms with Crippen molar-refractivity contribution in [1.82, 2.24) is 14.5 Å². The van der Waals surface area contributed by atoms with Gasteiger partial charge in [-0.1, -0.05) is 23.4 Å². The van der Waals surface area contributed by atoms with Gasteiger partial charge in [-0.15, -0.1) is 0 Å². The average molecular weight is 302 g/mol. The molecule has 0 fully saturated rings. The number of esters is 1. The van der Waals surface area contributed by atoms with E-state index in [1.807, 2.05) is 6.26 Å². The first-order valence-electron chi connectivity index (χ1n) is 5.47. The standard InChI is InChI=1S/C11H12ClN3O3S/c1-4-18-10(17)6-7(16)5-8(12)13-11(19-3)14-9(5)15(6)2/h16H,4H2,1-3H3. The topological polar surface area (TPSA) is 77.2 Å². The number of fused-ring (bicyclic) bond motifs is 1. The molecule has 0 unspecified atom stereocenters. The van der Waals surface area contributed by atoms with Crippen molar-refractivity contribution < 1.29 is 14.6 Å². The normalized spacial score (nSPS) is 10.9. The van der Waals surface area contributed by atoms with Crippen LogP contribution in [-0.4, -0.2) is 38.5 Å². The number of rotatable bonds is 3. The molecule has 0 atom stereocenters. The molecule has 0 aromatic carbocycles. The number of aryl methyl sites for hydroxylation is 1. The SMILES string of the molecule is CCOC(=O)c1c(O)c2c(Cl)nc(SC)nc2n1C. The van der Waals surface area contributed by atoms with Crippen molar-refractivity contribution in [2.45, 2.75) is 12.1 Å². The van der Waals surface area contributed by atoms with Crippen LogP contribution in [0.15, 0.2) is 5.16 Å². The number of hydrogen-bond acceptors (Lipinski definition) is 6. The smallest absolute Gasteiger partial charge is 0.358 e. The van der Waals surface area contributed by atoms with Crippen molar-refractivity contribution in [3.05, 3.63) is 10.8 Å². The molecule has 0 saturated heterocycles. The van der Waals surface area contributed by atoms with E-state index in [0.717, 1.165) is 0 Å². The van der Waals surface area contributed by atoms with E-state index in [-0.39, 0.29) is 28.6 Å². The summed E-state index contributed by atoms with van der Waals surface area (Å²) in [5.41, 5.74) is 0.413. The molecular weight excluding hydrogens is 290 g/mol. The van der Waals surface area contributed by atoms with E-state index in [0.29, 0.717) is 10.8 Å². The van der Waals surface area contributed by atoms with Gasteiger partial charge in [0.05, 0.1) is 12.0 Å². The van der Waals surface area contributed by atoms with Gasteiger partial charge in [0.2, 0.25) is 0 Å². The zero-order valence-electron chi connectivity index (χ0n) is 10.6. The number of ether oxygens (including phenoxy) is 1. The maximum absolute atomic E-state index is 11.8. The van der Waals surface area contributed by atoms with Crippen LogP contribution in [0.1, 0.15) is 17.4 Å². The first-order valence-corrected chi connectivity index (χ1v) is 7.07. The lowest BCUT2D eigenvalue weighted by molar-refractivity contribution is 0.0512. The minimum absolute atomic E-state index is 0.0197. The van der Waals surface area contributed by atoms with Crippen LogP contribution in [0.25, 0.3) is 11.0 Å². The molecule has 0 aliphatic heterocycles. The van der Waals surface area contributed by atoms with Crippen molar-refractivity contribution in [1.29, 1.82) is 0 Å². The van der Waals surface area contributed by atoms with E-state index in [1.165, 1.54) is 16.3 Å². The summed E-state index contributed by atoms with van der Waals surface area (Å²) in [7, 11) is 1.61. The fourth-order valence-corrected chi connectivity index (χ4v) is 2.42. The van der Waals surface area contributed by atoms with Crippen LogP contribution in [0.2, 0.25) is 5.15 Å². The summed E-state index contributed by atoms with van der Waals surface area (Å²) in [6, 6.07) is 0. The van der Waals surface area contributed by atoms with Gasteiger partial charge in [0.25, 0.3) is 0 Å². The predicted octanol–water partition coefficient (Wildman–Crippen LogP) is 2.23. The Morgan fingerprint density at radius 1 is 1.53 bits per heavy atom. The van der Waals surface area contributed by atoms with Crippen molar-refractivity contribution in [2.24, 2.45) is 7.05 Å². The van der Waals surface area contributed by atoms with Crippen LogP contribution in [0.3, 0.4) is 0 Å². The van der Waals surface area contributed by atoms with Gasteiger partial charge < -0.3 is 14.4 Å². The molecule has 0 spiro atoms. The van der Waals surface area contributed by atoms with E-state index in [9.17, 15) is 9.90 Å². The van der Waals surface area contributed by atoms with Crippen LogP contribution >= 0.6 is 23.4 Å². The van der Waals surface area contributed by atoms with Gasteiger partial charge in [0, 0.05) is 7.05 Å². The van der Waals surface area contributed by atoms with Gasteiger partial charge in [-0.25, -0.2) is 14.8 Å². The molecule has 102 valence electrons. The molecule has 2 aromatic rings. The summed E-state index contributed by atoms with van der Waals surface area (Å²) in [6.07, 6.45) is 1.81. The minimum Gasteiger partial charge on any atom is -0.505 e. The lowest BCUT2D eigenvalue weighted by Crippen LogP contribution is -2.10. The van der Waals surface area contributed by atoms with Gasteiger partial charge in [-0.2, -0.15) is 0 Å². The molecule has 6 nitrogen and oxygen atoms in total. The van der Waals surface area contributed by atoms with Crippen molar-refractivity contribution in [3.63, 3.8) is 0 Å². The summed E-state index contributed by atoms with van der Waals surface area (Å²) in [5.74, 6) is -0.879. The molecule has 0 saturated carbocycles. The van der Waals surface area contributed by atoms with Crippen LogP contribution < -0.4 is 0 Å². The van der Waals surface area contributed by atoms with E-state index >= 15 is 0 Å². The zero-order chi connectivity index (χ0) is 14.2. The Hall–Kier alpha value is -1.47. The quantitative estimate of drug-likeness (QED) is 0.405. The Balaban J connectivity index is 2.75. The highest BCUT2D eigenvalue weighted by Gasteiger charge is 2.25. The van der Waals surface area contributed by atoms with Crippen LogP contribution in [0.4, 0.5) is 0 Å². The molecule has 19 heavy (non-hydrogen) atoms. The maximum atomic E-state index is 11.8. The number of nitrogens with zero attached hydrogens (tertiary/aromatic N) is 3. The van der Waals surface area contributed by atoms with Crippen molar-refractivity contribution in [2.75, 3.05) is 12.9 Å². The first kappa shape index (κ1) is 14.0. The molecule has 2 heterocycles. The number of halogens is 1. The second-order valence-corrected chi connectivity index (χ2v) is 4.81. The Bertz CT molecular complexity index is 656. The molecule has 0 aliphatic rings. The van der Waals surface area contributed by atoms with Gasteiger partial charge in [-0.05, 0) is 13.2 Å². The Morgan fingerprint density at radius 2 is 2.21 bits per heavy atom. The number of carbonyl (C=O) groups excluding carboxylic acids is 1. The third-order valence-corrected chi connectivity index (χ3v) is 3.41. The van der Waals surface area contributed by atoms with E-state index in [2.05, 4.69) is 9.97 Å². The third kappa shape index (κ3) is 2.23. The number of aromatic hydroxyl groups is 1. The fraction of sp³-hybridized carbons (Fsp3) is 0.364. The van der Waals surface area contributed by atoms with Crippen LogP contribution in [0, 0.1) is 0 Å². The van der Waals surface area contributed by atoms with E-state index in [4.69, 9.17) is 16.3 Å². The van der Waals surface area contributed by atoms with Crippen molar-refractivity contribution >= 4 is 40.4 Å². The molecule has 0 bridgehead atoms. The highest BCUT2D eigenvalue weighted by molar-refractivity contribution is 7.98. The monoisotopic (exact) mass is 301 g/mol. The average Bonchev–Trinajstić information content (AvgIpc) is 2.62. The van der Waals surface area contributed by atoms with E-state index < -0.39 is 5.97 Å². The first-order chi connectivity index (χ1) is 9.01. The van der Waals surface area contributed by atoms with Gasteiger partial charge in [0.15, 0.2) is 16.6 Å². The highest BCUT2D eigenvalue weighted by Crippen LogP contribution is 2.35. The summed E-state index contributed by atoms with van der Waals surface area (Å²) >= 11 is 7.35. The van der Waals surface area contributed by atoms with Gasteiger partial charge >= 0.3 is 5.97 Å². The van der Waals surface area contributed by atoms with Crippen LogP contribution in [-0.2, 0) is 11.8 Å². The second kappa shape index (κ2) is 5.26. The Kier molecular flexibility index (Phi) is 3.86. The molecule has 0 radical (unpaired) electrons. The molecule has 0 aliphatic carbocycles. The Morgan fingerprint density at radius 3 is 2.79 bits per heavy atom. The van der Waals surface area contributed by atoms with Gasteiger partial charge in [-0.3, -0.25) is 0 Å². The fourth-order valence-electron chi connectivity index (χ4n) is 1.76. The number of hydrogen-bond donors (Lipinski definition) is 1. The zero-order valence-corrected chi connectivity index (χ0v) is 12.2. The predicted molar refractivity (Wildman–Crippen MR) is 72.9 cm³/mol. The summed E-state index contributed by atoms with van der Waals surface area (Å²) < 4.78 is 6.35. The molecule has 0 amide bonds. The van der Waals surface area contributed by atoms with E-state index in [1.54, 1.807) is 14.0 Å². The molecule has 2 rings (SSSR count). The minimum atomic E-state index is -0.623. The highest BCUT2D eigenvalue weighted by atomic mass is 35.5. The number of carbonyl (C=O) groups is 1. The lowest BCUT2D eigenvalue weighted by atomic mass is 10.3. The van der Waals surface area contributed by atoms with Crippen molar-refractivity contribution in [3.8, 4) is 5.75 Å². The third-order valence-electron chi connectivity index (χ3n) is 2.59. The van der Waals surface area contributed by atoms with Gasteiger partial charge in [0.1, 0.15) is 10.8 Å². The lowest BCUT2D eigenvalue weighted by Gasteiger charge is -2.03. The summed E-state index contributed by atoms with van der Waals surface area (Å²) in [6.45, 7) is 1.91. The number of aromatic nitrogens is 3. The van der Waals surface area contributed by atoms with Crippen LogP contribution in [0.5, 0.6) is 5.75 Å². The molecule has 8 heteroatoms. The summed E-state index contributed by atoms with van der Waals surface area (Å²) in [4.78, 5) is 20.1. The summed E-state index contributed by atoms with van der Waals surface area (Å²) in [5, 5.41) is 10.9. The molecule has 2 aromatic heterocycles.